The first-order valence-corrected chi connectivity index (χ1v) is 6.10. The Morgan fingerprint density at radius 3 is 2.50 bits per heavy atom. The molecule has 0 aliphatic carbocycles. The van der Waals surface area contributed by atoms with Crippen molar-refractivity contribution in [2.24, 2.45) is 0 Å². The maximum absolute atomic E-state index is 11.4. The lowest BCUT2D eigenvalue weighted by molar-refractivity contribution is -0.121. The van der Waals surface area contributed by atoms with Gasteiger partial charge in [-0.3, -0.25) is 10.2 Å². The second-order valence-corrected chi connectivity index (χ2v) is 4.42. The maximum atomic E-state index is 11.4. The number of benzene rings is 1. The van der Waals surface area contributed by atoms with Crippen molar-refractivity contribution in [3.05, 3.63) is 28.3 Å². The number of aryl methyl sites for hydroxylation is 1. The molecule has 0 heterocycles. The summed E-state index contributed by atoms with van der Waals surface area (Å²) in [4.78, 5) is 11.4. The monoisotopic (exact) mass is 250 g/mol. The Kier molecular flexibility index (Phi) is 5.16. The highest BCUT2D eigenvalue weighted by molar-refractivity contribution is 5.75. The number of hydrogen-bond acceptors (Lipinski definition) is 3. The molecule has 1 rings (SSSR count). The van der Waals surface area contributed by atoms with E-state index in [1.165, 1.54) is 16.7 Å². The topological polar surface area (TPSA) is 50.4 Å². The summed E-state index contributed by atoms with van der Waals surface area (Å²) in [5, 5.41) is 0. The van der Waals surface area contributed by atoms with Crippen LogP contribution in [0.25, 0.3) is 0 Å². The quantitative estimate of drug-likeness (QED) is 0.784. The van der Waals surface area contributed by atoms with Crippen LogP contribution >= 0.6 is 0 Å². The number of nitrogens with one attached hydrogen (secondary N) is 2. The lowest BCUT2D eigenvalue weighted by atomic mass is 9.94. The molecule has 18 heavy (non-hydrogen) atoms. The zero-order valence-corrected chi connectivity index (χ0v) is 11.8. The van der Waals surface area contributed by atoms with Gasteiger partial charge < -0.3 is 4.74 Å². The molecule has 0 bridgehead atoms. The molecule has 1 amide bonds. The summed E-state index contributed by atoms with van der Waals surface area (Å²) in [6, 6.07) is 2.04. The zero-order chi connectivity index (χ0) is 13.7. The van der Waals surface area contributed by atoms with Crippen LogP contribution in [0.4, 0.5) is 0 Å². The largest absolute Gasteiger partial charge is 0.496 e. The molecule has 4 nitrogen and oxygen atoms in total. The maximum Gasteiger partial charge on any atom is 0.234 e. The Labute approximate surface area is 109 Å². The second kappa shape index (κ2) is 6.40. The van der Waals surface area contributed by atoms with Crippen molar-refractivity contribution in [2.45, 2.75) is 33.6 Å². The van der Waals surface area contributed by atoms with E-state index in [0.717, 1.165) is 17.7 Å². The highest BCUT2D eigenvalue weighted by Crippen LogP contribution is 2.28. The Balaban J connectivity index is 2.90. The molecule has 0 unspecified atom stereocenters. The van der Waals surface area contributed by atoms with Crippen LogP contribution in [-0.4, -0.2) is 20.1 Å². The Morgan fingerprint density at radius 2 is 1.94 bits per heavy atom. The average molecular weight is 250 g/mol. The van der Waals surface area contributed by atoms with E-state index in [-0.39, 0.29) is 5.91 Å². The first-order valence-electron chi connectivity index (χ1n) is 6.10. The molecule has 0 aliphatic heterocycles. The summed E-state index contributed by atoms with van der Waals surface area (Å²) in [6.45, 7) is 6.18. The van der Waals surface area contributed by atoms with E-state index < -0.39 is 0 Å². The van der Waals surface area contributed by atoms with Gasteiger partial charge in [0.15, 0.2) is 0 Å². The molecule has 0 saturated carbocycles. The van der Waals surface area contributed by atoms with Crippen molar-refractivity contribution >= 4 is 5.91 Å². The highest BCUT2D eigenvalue weighted by Gasteiger charge is 2.11. The lowest BCUT2D eigenvalue weighted by Gasteiger charge is -2.15. The standard InChI is InChI=1S/C14H22N2O2/c1-9-8-13(18-5)11(3)10(2)12(9)6-7-14(17)16-15-4/h8,15H,6-7H2,1-5H3,(H,16,17). The van der Waals surface area contributed by atoms with Gasteiger partial charge in [-0.05, 0) is 55.5 Å². The minimum Gasteiger partial charge on any atom is -0.496 e. The Bertz CT molecular complexity index is 442. The number of amides is 1. The van der Waals surface area contributed by atoms with E-state index >= 15 is 0 Å². The Morgan fingerprint density at radius 1 is 1.28 bits per heavy atom. The number of carbonyl (C=O) groups is 1. The van der Waals surface area contributed by atoms with Gasteiger partial charge in [-0.15, -0.1) is 0 Å². The van der Waals surface area contributed by atoms with Crippen LogP contribution < -0.4 is 15.6 Å². The van der Waals surface area contributed by atoms with Gasteiger partial charge in [0.25, 0.3) is 0 Å². The van der Waals surface area contributed by atoms with E-state index in [1.54, 1.807) is 14.2 Å². The minimum absolute atomic E-state index is 0.00442. The van der Waals surface area contributed by atoms with Crippen LogP contribution in [0.2, 0.25) is 0 Å². The summed E-state index contributed by atoms with van der Waals surface area (Å²) in [5.74, 6) is 0.915. The fourth-order valence-corrected chi connectivity index (χ4v) is 2.14. The minimum atomic E-state index is 0.00442. The number of ether oxygens (including phenoxy) is 1. The molecule has 1 aromatic rings. The fraction of sp³-hybridized carbons (Fsp3) is 0.500. The third-order valence-electron chi connectivity index (χ3n) is 3.29. The lowest BCUT2D eigenvalue weighted by Crippen LogP contribution is -2.34. The summed E-state index contributed by atoms with van der Waals surface area (Å²) >= 11 is 0. The molecular weight excluding hydrogens is 228 g/mol. The molecule has 0 saturated heterocycles. The van der Waals surface area contributed by atoms with Gasteiger partial charge in [-0.2, -0.15) is 0 Å². The summed E-state index contributed by atoms with van der Waals surface area (Å²) < 4.78 is 5.34. The first-order chi connectivity index (χ1) is 8.51. The van der Waals surface area contributed by atoms with E-state index in [0.29, 0.717) is 6.42 Å². The Hall–Kier alpha value is -1.55. The molecule has 0 radical (unpaired) electrons. The van der Waals surface area contributed by atoms with Crippen LogP contribution in [0.5, 0.6) is 5.75 Å². The average Bonchev–Trinajstić information content (AvgIpc) is 2.34. The van der Waals surface area contributed by atoms with Gasteiger partial charge in [0.1, 0.15) is 5.75 Å². The van der Waals surface area contributed by atoms with Crippen molar-refractivity contribution in [2.75, 3.05) is 14.2 Å². The van der Waals surface area contributed by atoms with Gasteiger partial charge in [-0.25, -0.2) is 5.43 Å². The molecule has 100 valence electrons. The number of hydrogen-bond donors (Lipinski definition) is 2. The molecule has 0 spiro atoms. The fourth-order valence-electron chi connectivity index (χ4n) is 2.14. The van der Waals surface area contributed by atoms with E-state index in [1.807, 2.05) is 13.0 Å². The van der Waals surface area contributed by atoms with Crippen molar-refractivity contribution in [1.29, 1.82) is 0 Å². The molecule has 0 atom stereocenters. The molecule has 0 aromatic heterocycles. The smallest absolute Gasteiger partial charge is 0.234 e. The third kappa shape index (κ3) is 3.23. The predicted molar refractivity (Wildman–Crippen MR) is 72.7 cm³/mol. The highest BCUT2D eigenvalue weighted by atomic mass is 16.5. The molecule has 0 fully saturated rings. The van der Waals surface area contributed by atoms with E-state index in [9.17, 15) is 4.79 Å². The molecule has 2 N–H and O–H groups in total. The van der Waals surface area contributed by atoms with Crippen molar-refractivity contribution in [3.63, 3.8) is 0 Å². The van der Waals surface area contributed by atoms with Crippen LogP contribution in [-0.2, 0) is 11.2 Å². The molecule has 0 aliphatic rings. The van der Waals surface area contributed by atoms with Gasteiger partial charge in [0.2, 0.25) is 5.91 Å². The summed E-state index contributed by atoms with van der Waals surface area (Å²) in [7, 11) is 3.37. The molecule has 1 aromatic carbocycles. The number of carbonyl (C=O) groups excluding carboxylic acids is 1. The van der Waals surface area contributed by atoms with Crippen LogP contribution in [0, 0.1) is 20.8 Å². The van der Waals surface area contributed by atoms with Gasteiger partial charge >= 0.3 is 0 Å². The number of methoxy groups -OCH3 is 1. The number of hydrazine groups is 1. The van der Waals surface area contributed by atoms with Crippen LogP contribution in [0.1, 0.15) is 28.7 Å². The molecular formula is C14H22N2O2. The normalized spacial score (nSPS) is 10.3. The second-order valence-electron chi connectivity index (χ2n) is 4.42. The third-order valence-corrected chi connectivity index (χ3v) is 3.29. The van der Waals surface area contributed by atoms with Crippen LogP contribution in [0.3, 0.4) is 0 Å². The van der Waals surface area contributed by atoms with Crippen molar-refractivity contribution in [1.82, 2.24) is 10.9 Å². The van der Waals surface area contributed by atoms with E-state index in [2.05, 4.69) is 24.7 Å². The SMILES string of the molecule is CNNC(=O)CCc1c(C)cc(OC)c(C)c1C. The summed E-state index contributed by atoms with van der Waals surface area (Å²) in [6.07, 6.45) is 1.23. The van der Waals surface area contributed by atoms with E-state index in [4.69, 9.17) is 4.74 Å². The predicted octanol–water partition coefficient (Wildman–Crippen LogP) is 1.80. The van der Waals surface area contributed by atoms with Crippen molar-refractivity contribution < 1.29 is 9.53 Å². The number of rotatable bonds is 5. The van der Waals surface area contributed by atoms with Crippen LogP contribution in [0.15, 0.2) is 6.07 Å². The van der Waals surface area contributed by atoms with Gasteiger partial charge in [-0.1, -0.05) is 0 Å². The molecule has 4 heteroatoms. The zero-order valence-electron chi connectivity index (χ0n) is 11.8. The first kappa shape index (κ1) is 14.5. The van der Waals surface area contributed by atoms with Crippen molar-refractivity contribution in [3.8, 4) is 5.75 Å². The van der Waals surface area contributed by atoms with Gasteiger partial charge in [0.05, 0.1) is 7.11 Å². The summed E-state index contributed by atoms with van der Waals surface area (Å²) in [5.41, 5.74) is 9.99. The van der Waals surface area contributed by atoms with Gasteiger partial charge in [0, 0.05) is 13.5 Å².